The van der Waals surface area contributed by atoms with Gasteiger partial charge in [-0.3, -0.25) is 0 Å². The molecule has 0 saturated carbocycles. The molecule has 9 heteroatoms. The molecule has 1 atom stereocenters. The number of halogens is 2. The Morgan fingerprint density at radius 1 is 1.06 bits per heavy atom. The number of amides is 2. The molecule has 1 unspecified atom stereocenters. The lowest BCUT2D eigenvalue weighted by atomic mass is 10.0. The van der Waals surface area contributed by atoms with E-state index in [4.69, 9.17) is 23.2 Å². The largest absolute Gasteiger partial charge is 0.388 e. The minimum atomic E-state index is -0.989. The first-order chi connectivity index (χ1) is 14.7. The number of hydrogen-bond donors (Lipinski definition) is 3. The van der Waals surface area contributed by atoms with Crippen molar-refractivity contribution >= 4 is 52.4 Å². The Morgan fingerprint density at radius 3 is 2.32 bits per heavy atom. The second kappa shape index (κ2) is 9.51. The van der Waals surface area contributed by atoms with Crippen LogP contribution in [0.25, 0.3) is 0 Å². The molecule has 31 heavy (non-hydrogen) atoms. The number of anilines is 4. The molecule has 0 aliphatic rings. The van der Waals surface area contributed by atoms with Crippen molar-refractivity contribution in [2.24, 2.45) is 0 Å². The lowest BCUT2D eigenvalue weighted by molar-refractivity contribution is 0.0646. The van der Waals surface area contributed by atoms with Gasteiger partial charge in [-0.15, -0.1) is 0 Å². The predicted octanol–water partition coefficient (Wildman–Crippen LogP) is 5.72. The zero-order valence-corrected chi connectivity index (χ0v) is 18.8. The average molecular weight is 460 g/mol. The van der Waals surface area contributed by atoms with Gasteiger partial charge < -0.3 is 15.7 Å². The van der Waals surface area contributed by atoms with E-state index < -0.39 is 11.6 Å². The summed E-state index contributed by atoms with van der Waals surface area (Å²) in [4.78, 5) is 23.4. The molecule has 3 rings (SSSR count). The van der Waals surface area contributed by atoms with Crippen LogP contribution in [0.3, 0.4) is 0 Å². The summed E-state index contributed by atoms with van der Waals surface area (Å²) in [6.45, 7) is 5.19. The average Bonchev–Trinajstić information content (AvgIpc) is 2.71. The zero-order valence-electron chi connectivity index (χ0n) is 17.3. The third kappa shape index (κ3) is 5.64. The van der Waals surface area contributed by atoms with Crippen LogP contribution in [-0.2, 0) is 0 Å². The van der Waals surface area contributed by atoms with Gasteiger partial charge >= 0.3 is 6.03 Å². The van der Waals surface area contributed by atoms with E-state index in [-0.39, 0.29) is 12.0 Å². The fourth-order valence-corrected chi connectivity index (χ4v) is 3.12. The van der Waals surface area contributed by atoms with Crippen LogP contribution >= 0.6 is 23.2 Å². The normalized spacial score (nSPS) is 12.2. The third-order valence-electron chi connectivity index (χ3n) is 4.69. The van der Waals surface area contributed by atoms with Crippen LogP contribution in [0.1, 0.15) is 20.8 Å². The molecule has 1 aromatic heterocycles. The Hall–Kier alpha value is -2.87. The molecule has 162 valence electrons. The fraction of sp³-hybridized carbons (Fsp3) is 0.227. The lowest BCUT2D eigenvalue weighted by Crippen LogP contribution is -2.40. The molecule has 3 N–H and O–H groups in total. The van der Waals surface area contributed by atoms with Crippen molar-refractivity contribution in [1.29, 1.82) is 0 Å². The molecular weight excluding hydrogens is 437 g/mol. The molecule has 0 bridgehead atoms. The zero-order chi connectivity index (χ0) is 22.6. The highest BCUT2D eigenvalue weighted by Crippen LogP contribution is 2.32. The Kier molecular flexibility index (Phi) is 7.00. The van der Waals surface area contributed by atoms with Gasteiger partial charge in [0.25, 0.3) is 0 Å². The van der Waals surface area contributed by atoms with Crippen LogP contribution in [-0.4, -0.2) is 32.7 Å². The van der Waals surface area contributed by atoms with E-state index in [1.165, 1.54) is 11.1 Å². The predicted molar refractivity (Wildman–Crippen MR) is 125 cm³/mol. The van der Waals surface area contributed by atoms with Crippen molar-refractivity contribution in [3.05, 3.63) is 70.8 Å². The van der Waals surface area contributed by atoms with E-state index in [1.807, 2.05) is 25.1 Å². The second-order valence-electron chi connectivity index (χ2n) is 7.46. The molecule has 0 aliphatic heterocycles. The summed E-state index contributed by atoms with van der Waals surface area (Å²) < 4.78 is 0. The van der Waals surface area contributed by atoms with Crippen LogP contribution in [0.15, 0.2) is 60.8 Å². The van der Waals surface area contributed by atoms with Gasteiger partial charge in [-0.25, -0.2) is 14.7 Å². The summed E-state index contributed by atoms with van der Waals surface area (Å²) in [5, 5.41) is 16.7. The number of benzene rings is 2. The van der Waals surface area contributed by atoms with Gasteiger partial charge in [0, 0.05) is 12.3 Å². The van der Waals surface area contributed by atoms with Crippen molar-refractivity contribution in [2.75, 3.05) is 15.5 Å². The highest BCUT2D eigenvalue weighted by atomic mass is 35.5. The first kappa shape index (κ1) is 22.8. The molecule has 0 aliphatic carbocycles. The van der Waals surface area contributed by atoms with E-state index in [2.05, 4.69) is 20.6 Å². The van der Waals surface area contributed by atoms with Gasteiger partial charge in [0.2, 0.25) is 5.95 Å². The number of aromatic nitrogens is 2. The number of nitrogens with one attached hydrogen (secondary N) is 2. The molecule has 0 fully saturated rings. The van der Waals surface area contributed by atoms with E-state index >= 15 is 0 Å². The van der Waals surface area contributed by atoms with Crippen molar-refractivity contribution in [2.45, 2.75) is 32.4 Å². The van der Waals surface area contributed by atoms with E-state index in [0.717, 1.165) is 0 Å². The molecular formula is C22H23Cl2N5O2. The quantitative estimate of drug-likeness (QED) is 0.438. The molecule has 3 aromatic rings. The van der Waals surface area contributed by atoms with E-state index in [0.29, 0.717) is 27.2 Å². The minimum absolute atomic E-state index is 0.275. The number of para-hydroxylation sites is 2. The summed E-state index contributed by atoms with van der Waals surface area (Å²) >= 11 is 12.4. The third-order valence-corrected chi connectivity index (χ3v) is 5.32. The lowest BCUT2D eigenvalue weighted by Gasteiger charge is -2.27. The molecule has 2 aromatic carbocycles. The first-order valence-corrected chi connectivity index (χ1v) is 10.3. The molecule has 1 heterocycles. The molecule has 2 amide bonds. The van der Waals surface area contributed by atoms with Crippen molar-refractivity contribution in [3.63, 3.8) is 0 Å². The summed E-state index contributed by atoms with van der Waals surface area (Å²) in [6.07, 6.45) is 1.54. The van der Waals surface area contributed by atoms with Crippen molar-refractivity contribution in [1.82, 2.24) is 9.97 Å². The van der Waals surface area contributed by atoms with Crippen molar-refractivity contribution in [3.8, 4) is 0 Å². The van der Waals surface area contributed by atoms with E-state index in [1.54, 1.807) is 50.2 Å². The Labute approximate surface area is 191 Å². The standard InChI is InChI=1S/C22H23Cl2N5O2/c1-14(22(2,3)31)26-20-25-13-12-18(27-20)29(15-8-5-4-6-9-15)21(30)28-19-16(23)10-7-11-17(19)24/h4-14,31H,1-3H3,(H,28,30)(H,25,26,27). The highest BCUT2D eigenvalue weighted by Gasteiger charge is 2.25. The summed E-state index contributed by atoms with van der Waals surface area (Å²) in [5.41, 5.74) is -0.0976. The van der Waals surface area contributed by atoms with Gasteiger partial charge in [0.05, 0.1) is 33.1 Å². The van der Waals surface area contributed by atoms with Gasteiger partial charge in [0.15, 0.2) is 0 Å². The van der Waals surface area contributed by atoms with Crippen molar-refractivity contribution < 1.29 is 9.90 Å². The fourth-order valence-electron chi connectivity index (χ4n) is 2.62. The van der Waals surface area contributed by atoms with Gasteiger partial charge in [-0.1, -0.05) is 47.5 Å². The topological polar surface area (TPSA) is 90.4 Å². The summed E-state index contributed by atoms with van der Waals surface area (Å²) in [5.74, 6) is 0.601. The maximum Gasteiger partial charge on any atom is 0.332 e. The highest BCUT2D eigenvalue weighted by molar-refractivity contribution is 6.40. The monoisotopic (exact) mass is 459 g/mol. The Balaban J connectivity index is 1.97. The van der Waals surface area contributed by atoms with Gasteiger partial charge in [0.1, 0.15) is 5.82 Å². The number of nitrogens with zero attached hydrogens (tertiary/aromatic N) is 3. The maximum absolute atomic E-state index is 13.3. The van der Waals surface area contributed by atoms with Crippen LogP contribution in [0, 0.1) is 0 Å². The number of urea groups is 1. The van der Waals surface area contributed by atoms with Crippen LogP contribution in [0.4, 0.5) is 27.9 Å². The number of aliphatic hydroxyl groups is 1. The molecule has 7 nitrogen and oxygen atoms in total. The Bertz CT molecular complexity index is 1040. The molecule has 0 spiro atoms. The van der Waals surface area contributed by atoms with Gasteiger partial charge in [-0.2, -0.15) is 4.98 Å². The molecule has 0 saturated heterocycles. The Morgan fingerprint density at radius 2 is 1.71 bits per heavy atom. The SMILES string of the molecule is CC(Nc1nccc(N(C(=O)Nc2c(Cl)cccc2Cl)c2ccccc2)n1)C(C)(C)O. The van der Waals surface area contributed by atoms with Crippen LogP contribution in [0.5, 0.6) is 0 Å². The minimum Gasteiger partial charge on any atom is -0.388 e. The second-order valence-corrected chi connectivity index (χ2v) is 8.27. The number of carbonyl (C=O) groups is 1. The van der Waals surface area contributed by atoms with Crippen LogP contribution in [0.2, 0.25) is 10.0 Å². The smallest absolute Gasteiger partial charge is 0.332 e. The number of hydrogen-bond acceptors (Lipinski definition) is 5. The maximum atomic E-state index is 13.3. The van der Waals surface area contributed by atoms with E-state index in [9.17, 15) is 9.90 Å². The van der Waals surface area contributed by atoms with Crippen LogP contribution < -0.4 is 15.5 Å². The summed E-state index contributed by atoms with van der Waals surface area (Å²) in [6, 6.07) is 14.8. The van der Waals surface area contributed by atoms with Gasteiger partial charge in [-0.05, 0) is 45.0 Å². The molecule has 0 radical (unpaired) electrons. The number of rotatable bonds is 6. The number of carbonyl (C=O) groups excluding carboxylic acids is 1. The first-order valence-electron chi connectivity index (χ1n) is 9.59. The summed E-state index contributed by atoms with van der Waals surface area (Å²) in [7, 11) is 0.